The molecule has 2 aliphatic rings. The normalized spacial score (nSPS) is 16.7. The van der Waals surface area contributed by atoms with Crippen LogP contribution in [0.1, 0.15) is 46.8 Å². The van der Waals surface area contributed by atoms with Gasteiger partial charge in [0.15, 0.2) is 5.82 Å². The van der Waals surface area contributed by atoms with Gasteiger partial charge >= 0.3 is 0 Å². The molecule has 1 aromatic heterocycles. The van der Waals surface area contributed by atoms with Crippen molar-refractivity contribution in [2.45, 2.75) is 37.6 Å². The summed E-state index contributed by atoms with van der Waals surface area (Å²) in [5.41, 5.74) is 3.53. The van der Waals surface area contributed by atoms with Crippen LogP contribution in [0.15, 0.2) is 53.4 Å². The third-order valence-corrected chi connectivity index (χ3v) is 8.62. The number of H-pyrrole nitrogens is 1. The van der Waals surface area contributed by atoms with E-state index in [0.717, 1.165) is 30.0 Å². The van der Waals surface area contributed by atoms with E-state index in [9.17, 15) is 13.2 Å². The van der Waals surface area contributed by atoms with Crippen molar-refractivity contribution < 1.29 is 17.9 Å². The maximum Gasteiger partial charge on any atom is 0.256 e. The van der Waals surface area contributed by atoms with Crippen LogP contribution in [0.5, 0.6) is 0 Å². The number of carbonyl (C=O) groups is 1. The van der Waals surface area contributed by atoms with Gasteiger partial charge in [0.25, 0.3) is 5.91 Å². The first-order valence-corrected chi connectivity index (χ1v) is 13.7. The van der Waals surface area contributed by atoms with Crippen LogP contribution in [-0.2, 0) is 27.7 Å². The SMILES string of the molecule is CC(C)c1c(N2CCOCC2)n[nH]c1NC(=O)c1ccc(S(=O)(=O)N2CCc3ccccc3C2)cc1. The molecule has 2 N–H and O–H groups in total. The third-order valence-electron chi connectivity index (χ3n) is 6.76. The molecule has 0 spiro atoms. The average Bonchev–Trinajstić information content (AvgIpc) is 3.32. The molecule has 0 radical (unpaired) electrons. The van der Waals surface area contributed by atoms with Crippen LogP contribution in [-0.4, -0.2) is 61.7 Å². The van der Waals surface area contributed by atoms with E-state index < -0.39 is 10.0 Å². The highest BCUT2D eigenvalue weighted by atomic mass is 32.2. The number of benzene rings is 2. The Bertz CT molecular complexity index is 1340. The minimum absolute atomic E-state index is 0.138. The van der Waals surface area contributed by atoms with Gasteiger partial charge < -0.3 is 15.0 Å². The summed E-state index contributed by atoms with van der Waals surface area (Å²) in [6.07, 6.45) is 0.685. The van der Waals surface area contributed by atoms with E-state index in [1.54, 1.807) is 12.1 Å². The molecular weight excluding hydrogens is 478 g/mol. The molecule has 3 heterocycles. The molecule has 1 amide bonds. The van der Waals surface area contributed by atoms with E-state index in [1.807, 2.05) is 24.3 Å². The fraction of sp³-hybridized carbons (Fsp3) is 0.385. The van der Waals surface area contributed by atoms with Gasteiger partial charge in [0, 0.05) is 37.3 Å². The summed E-state index contributed by atoms with van der Waals surface area (Å²) in [6, 6.07) is 14.0. The molecule has 0 aliphatic carbocycles. The van der Waals surface area contributed by atoms with E-state index >= 15 is 0 Å². The van der Waals surface area contributed by atoms with Crippen LogP contribution < -0.4 is 10.2 Å². The summed E-state index contributed by atoms with van der Waals surface area (Å²) in [7, 11) is -3.66. The molecule has 0 saturated carbocycles. The Balaban J connectivity index is 1.31. The number of carbonyl (C=O) groups excluding carboxylic acids is 1. The molecule has 0 bridgehead atoms. The lowest BCUT2D eigenvalue weighted by Crippen LogP contribution is -2.37. The fourth-order valence-corrected chi connectivity index (χ4v) is 6.21. The second kappa shape index (κ2) is 10.0. The Kier molecular flexibility index (Phi) is 6.83. The van der Waals surface area contributed by atoms with Crippen molar-refractivity contribution >= 4 is 27.6 Å². The minimum atomic E-state index is -3.66. The summed E-state index contributed by atoms with van der Waals surface area (Å²) in [5, 5.41) is 10.4. The van der Waals surface area contributed by atoms with E-state index in [0.29, 0.717) is 44.1 Å². The van der Waals surface area contributed by atoms with Crippen LogP contribution in [0, 0.1) is 0 Å². The second-order valence-corrected chi connectivity index (χ2v) is 11.4. The lowest BCUT2D eigenvalue weighted by Gasteiger charge is -2.28. The third kappa shape index (κ3) is 4.76. The minimum Gasteiger partial charge on any atom is -0.378 e. The van der Waals surface area contributed by atoms with E-state index in [1.165, 1.54) is 22.0 Å². The number of hydrogen-bond donors (Lipinski definition) is 2. The van der Waals surface area contributed by atoms with E-state index in [2.05, 4.69) is 34.3 Å². The van der Waals surface area contributed by atoms with Crippen molar-refractivity contribution in [3.8, 4) is 0 Å². The smallest absolute Gasteiger partial charge is 0.256 e. The van der Waals surface area contributed by atoms with E-state index in [4.69, 9.17) is 4.74 Å². The van der Waals surface area contributed by atoms with Gasteiger partial charge in [-0.2, -0.15) is 9.40 Å². The topological polar surface area (TPSA) is 108 Å². The predicted octanol–water partition coefficient (Wildman–Crippen LogP) is 3.37. The molecule has 190 valence electrons. The van der Waals surface area contributed by atoms with Crippen LogP contribution in [0.3, 0.4) is 0 Å². The summed E-state index contributed by atoms with van der Waals surface area (Å²) in [5.74, 6) is 1.19. The number of fused-ring (bicyclic) bond motifs is 1. The lowest BCUT2D eigenvalue weighted by atomic mass is 10.0. The number of anilines is 2. The molecule has 9 nitrogen and oxygen atoms in total. The quantitative estimate of drug-likeness (QED) is 0.528. The van der Waals surface area contributed by atoms with Crippen molar-refractivity contribution in [2.24, 2.45) is 0 Å². The molecule has 10 heteroatoms. The van der Waals surface area contributed by atoms with Gasteiger partial charge in [-0.15, -0.1) is 0 Å². The first-order chi connectivity index (χ1) is 17.3. The van der Waals surface area contributed by atoms with Gasteiger partial charge in [-0.3, -0.25) is 9.89 Å². The van der Waals surface area contributed by atoms with Crippen molar-refractivity contribution in [2.75, 3.05) is 43.1 Å². The van der Waals surface area contributed by atoms with Crippen molar-refractivity contribution in [3.63, 3.8) is 0 Å². The van der Waals surface area contributed by atoms with Gasteiger partial charge in [0.05, 0.1) is 18.1 Å². The molecule has 2 aliphatic heterocycles. The predicted molar refractivity (Wildman–Crippen MR) is 138 cm³/mol. The monoisotopic (exact) mass is 509 g/mol. The van der Waals surface area contributed by atoms with Crippen LogP contribution >= 0.6 is 0 Å². The van der Waals surface area contributed by atoms with Gasteiger partial charge in [-0.25, -0.2) is 8.42 Å². The van der Waals surface area contributed by atoms with Crippen molar-refractivity contribution in [1.29, 1.82) is 0 Å². The zero-order valence-electron chi connectivity index (χ0n) is 20.5. The highest BCUT2D eigenvalue weighted by molar-refractivity contribution is 7.89. The summed E-state index contributed by atoms with van der Waals surface area (Å²) in [4.78, 5) is 15.4. The number of aromatic amines is 1. The first kappa shape index (κ1) is 24.5. The Morgan fingerprint density at radius 3 is 2.42 bits per heavy atom. The fourth-order valence-electron chi connectivity index (χ4n) is 4.79. The Hall–Kier alpha value is -3.21. The molecule has 1 fully saturated rings. The largest absolute Gasteiger partial charge is 0.378 e. The van der Waals surface area contributed by atoms with Crippen molar-refractivity contribution in [3.05, 3.63) is 70.8 Å². The Labute approximate surface area is 211 Å². The molecule has 2 aromatic carbocycles. The molecule has 0 unspecified atom stereocenters. The summed E-state index contributed by atoms with van der Waals surface area (Å²) in [6.45, 7) is 7.69. The molecule has 0 atom stereocenters. The standard InChI is InChI=1S/C26H31N5O4S/c1-18(2)23-24(28-29-25(23)30-13-15-35-16-14-30)27-26(32)20-7-9-22(10-8-20)36(33,34)31-12-11-19-5-3-4-6-21(19)17-31/h3-10,18H,11-17H2,1-2H3,(H2,27,28,29,32). The highest BCUT2D eigenvalue weighted by Gasteiger charge is 2.29. The number of nitrogens with zero attached hydrogens (tertiary/aromatic N) is 3. The number of rotatable bonds is 6. The zero-order valence-corrected chi connectivity index (χ0v) is 21.3. The van der Waals surface area contributed by atoms with E-state index in [-0.39, 0.29) is 16.7 Å². The van der Waals surface area contributed by atoms with Crippen LogP contribution in [0.2, 0.25) is 0 Å². The maximum atomic E-state index is 13.2. The highest BCUT2D eigenvalue weighted by Crippen LogP contribution is 2.33. The first-order valence-electron chi connectivity index (χ1n) is 12.2. The van der Waals surface area contributed by atoms with Gasteiger partial charge in [-0.05, 0) is 47.7 Å². The lowest BCUT2D eigenvalue weighted by molar-refractivity contribution is 0.102. The van der Waals surface area contributed by atoms with Crippen LogP contribution in [0.4, 0.5) is 11.6 Å². The molecule has 36 heavy (non-hydrogen) atoms. The zero-order chi connectivity index (χ0) is 25.3. The Morgan fingerprint density at radius 1 is 1.03 bits per heavy atom. The number of amides is 1. The number of sulfonamides is 1. The number of hydrogen-bond acceptors (Lipinski definition) is 6. The summed E-state index contributed by atoms with van der Waals surface area (Å²) >= 11 is 0. The number of ether oxygens (including phenoxy) is 1. The Morgan fingerprint density at radius 2 is 1.72 bits per heavy atom. The maximum absolute atomic E-state index is 13.2. The number of morpholine rings is 1. The molecule has 1 saturated heterocycles. The van der Waals surface area contributed by atoms with Gasteiger partial charge in [-0.1, -0.05) is 38.1 Å². The number of nitrogens with one attached hydrogen (secondary N) is 2. The van der Waals surface area contributed by atoms with Crippen LogP contribution in [0.25, 0.3) is 0 Å². The van der Waals surface area contributed by atoms with Gasteiger partial charge in [0.2, 0.25) is 10.0 Å². The van der Waals surface area contributed by atoms with Crippen molar-refractivity contribution in [1.82, 2.24) is 14.5 Å². The second-order valence-electron chi connectivity index (χ2n) is 9.43. The van der Waals surface area contributed by atoms with Gasteiger partial charge in [0.1, 0.15) is 5.82 Å². The number of aromatic nitrogens is 2. The average molecular weight is 510 g/mol. The molecule has 5 rings (SSSR count). The summed E-state index contributed by atoms with van der Waals surface area (Å²) < 4.78 is 33.4. The molecule has 3 aromatic rings. The molecular formula is C26H31N5O4S.